The van der Waals surface area contributed by atoms with Crippen molar-refractivity contribution in [3.8, 4) is 0 Å². The molecule has 0 unspecified atom stereocenters. The average Bonchev–Trinajstić information content (AvgIpc) is 3.08. The Bertz CT molecular complexity index is 410. The van der Waals surface area contributed by atoms with Gasteiger partial charge in [-0.25, -0.2) is 0 Å². The molecule has 1 N–H and O–H groups in total. The lowest BCUT2D eigenvalue weighted by Crippen LogP contribution is -2.36. The summed E-state index contributed by atoms with van der Waals surface area (Å²) in [5, 5.41) is 7.50. The fourth-order valence-corrected chi connectivity index (χ4v) is 3.68. The zero-order valence-corrected chi connectivity index (χ0v) is 14.1. The number of amides is 1. The monoisotopic (exact) mass is 308 g/mol. The molecule has 1 aliphatic carbocycles. The summed E-state index contributed by atoms with van der Waals surface area (Å²) in [4.78, 5) is 14.5. The van der Waals surface area contributed by atoms with Crippen LogP contribution in [0.1, 0.15) is 51.5 Å². The van der Waals surface area contributed by atoms with Gasteiger partial charge in [-0.3, -0.25) is 9.69 Å². The maximum Gasteiger partial charge on any atom is 0.221 e. The molecule has 3 nitrogen and oxygen atoms in total. The van der Waals surface area contributed by atoms with Crippen molar-refractivity contribution in [2.45, 2.75) is 58.5 Å². The van der Waals surface area contributed by atoms with Crippen LogP contribution in [0.5, 0.6) is 0 Å². The molecule has 1 amide bonds. The first-order valence-corrected chi connectivity index (χ1v) is 9.10. The molecule has 0 saturated heterocycles. The fraction of sp³-hybridized carbons (Fsp3) is 0.706. The average molecular weight is 308 g/mol. The van der Waals surface area contributed by atoms with Gasteiger partial charge in [0, 0.05) is 32.1 Å². The van der Waals surface area contributed by atoms with Gasteiger partial charge in [0.2, 0.25) is 5.91 Å². The molecule has 1 aromatic heterocycles. The van der Waals surface area contributed by atoms with Crippen LogP contribution in [0.3, 0.4) is 0 Å². The first kappa shape index (κ1) is 16.5. The van der Waals surface area contributed by atoms with E-state index in [1.807, 2.05) is 0 Å². The zero-order valence-electron chi connectivity index (χ0n) is 13.3. The topological polar surface area (TPSA) is 32.3 Å². The maximum atomic E-state index is 12.1. The molecule has 0 radical (unpaired) electrons. The lowest BCUT2D eigenvalue weighted by atomic mass is 10.2. The van der Waals surface area contributed by atoms with Crippen molar-refractivity contribution in [2.75, 3.05) is 13.1 Å². The third-order valence-corrected chi connectivity index (χ3v) is 4.72. The Balaban J connectivity index is 1.76. The second-order valence-electron chi connectivity index (χ2n) is 6.56. The Morgan fingerprint density at radius 2 is 2.19 bits per heavy atom. The normalized spacial score (nSPS) is 16.0. The van der Waals surface area contributed by atoms with Gasteiger partial charge < -0.3 is 5.32 Å². The molecule has 0 aliphatic heterocycles. The predicted molar refractivity (Wildman–Crippen MR) is 89.4 cm³/mol. The number of rotatable bonds is 8. The summed E-state index contributed by atoms with van der Waals surface area (Å²) in [5.74, 6) is 0.850. The summed E-state index contributed by atoms with van der Waals surface area (Å²) in [6, 6.07) is 2.62. The van der Waals surface area contributed by atoms with E-state index in [4.69, 9.17) is 0 Å². The lowest BCUT2D eigenvalue weighted by molar-refractivity contribution is -0.122. The summed E-state index contributed by atoms with van der Waals surface area (Å²) in [6.07, 6.45) is 5.48. The van der Waals surface area contributed by atoms with Crippen LogP contribution in [0, 0.1) is 5.92 Å². The lowest BCUT2D eigenvalue weighted by Gasteiger charge is -2.24. The van der Waals surface area contributed by atoms with Gasteiger partial charge >= 0.3 is 0 Å². The Morgan fingerprint density at radius 1 is 1.43 bits per heavy atom. The number of hydrogen-bond donors (Lipinski definition) is 1. The van der Waals surface area contributed by atoms with E-state index < -0.39 is 0 Å². The van der Waals surface area contributed by atoms with Gasteiger partial charge in [0.1, 0.15) is 0 Å². The largest absolute Gasteiger partial charge is 0.353 e. The van der Waals surface area contributed by atoms with E-state index in [1.165, 1.54) is 18.4 Å². The third kappa shape index (κ3) is 6.18. The summed E-state index contributed by atoms with van der Waals surface area (Å²) in [5.41, 5.74) is 1.36. The van der Waals surface area contributed by atoms with Gasteiger partial charge in [0.15, 0.2) is 0 Å². The van der Waals surface area contributed by atoms with E-state index in [9.17, 15) is 4.79 Å². The highest BCUT2D eigenvalue weighted by Crippen LogP contribution is 2.17. The molecule has 21 heavy (non-hydrogen) atoms. The molecular weight excluding hydrogens is 280 g/mol. The molecule has 1 heterocycles. The standard InChI is InChI=1S/C17H28N2OS/c1-14(2)11-19(12-15-8-10-21-13-15)9-7-17(20)18-16-5-3-4-6-16/h8,10,13-14,16H,3-7,9,11-12H2,1-2H3,(H,18,20). The first-order chi connectivity index (χ1) is 10.1. The zero-order chi connectivity index (χ0) is 15.1. The molecule has 2 rings (SSSR count). The van der Waals surface area contributed by atoms with Gasteiger partial charge in [-0.1, -0.05) is 26.7 Å². The van der Waals surface area contributed by atoms with Crippen molar-refractivity contribution in [3.05, 3.63) is 22.4 Å². The van der Waals surface area contributed by atoms with Crippen LogP contribution in [0.15, 0.2) is 16.8 Å². The third-order valence-electron chi connectivity index (χ3n) is 3.99. The summed E-state index contributed by atoms with van der Waals surface area (Å²) < 4.78 is 0. The number of nitrogens with one attached hydrogen (secondary N) is 1. The molecule has 0 atom stereocenters. The highest BCUT2D eigenvalue weighted by Gasteiger charge is 2.17. The van der Waals surface area contributed by atoms with Crippen molar-refractivity contribution < 1.29 is 4.79 Å². The molecule has 1 aromatic rings. The molecule has 0 aromatic carbocycles. The second kappa shape index (κ2) is 8.54. The fourth-order valence-electron chi connectivity index (χ4n) is 3.02. The van der Waals surface area contributed by atoms with Gasteiger partial charge in [0.25, 0.3) is 0 Å². The van der Waals surface area contributed by atoms with E-state index in [0.29, 0.717) is 18.4 Å². The highest BCUT2D eigenvalue weighted by atomic mass is 32.1. The summed E-state index contributed by atoms with van der Waals surface area (Å²) in [7, 11) is 0. The minimum atomic E-state index is 0.223. The highest BCUT2D eigenvalue weighted by molar-refractivity contribution is 7.07. The minimum absolute atomic E-state index is 0.223. The number of nitrogens with zero attached hydrogens (tertiary/aromatic N) is 1. The van der Waals surface area contributed by atoms with Crippen molar-refractivity contribution >= 4 is 17.2 Å². The van der Waals surface area contributed by atoms with Crippen LogP contribution in [0.2, 0.25) is 0 Å². The van der Waals surface area contributed by atoms with E-state index in [2.05, 4.69) is 40.9 Å². The van der Waals surface area contributed by atoms with E-state index in [1.54, 1.807) is 11.3 Å². The van der Waals surface area contributed by atoms with Crippen LogP contribution in [-0.2, 0) is 11.3 Å². The van der Waals surface area contributed by atoms with Gasteiger partial charge in [-0.05, 0) is 41.1 Å². The molecule has 0 spiro atoms. The van der Waals surface area contributed by atoms with Crippen LogP contribution in [0.4, 0.5) is 0 Å². The molecule has 1 aliphatic rings. The van der Waals surface area contributed by atoms with Crippen LogP contribution < -0.4 is 5.32 Å². The smallest absolute Gasteiger partial charge is 0.221 e. The summed E-state index contributed by atoms with van der Waals surface area (Å²) >= 11 is 1.74. The van der Waals surface area contributed by atoms with Gasteiger partial charge in [-0.15, -0.1) is 0 Å². The van der Waals surface area contributed by atoms with E-state index >= 15 is 0 Å². The molecule has 118 valence electrons. The number of hydrogen-bond acceptors (Lipinski definition) is 3. The van der Waals surface area contributed by atoms with Crippen LogP contribution >= 0.6 is 11.3 Å². The SMILES string of the molecule is CC(C)CN(CCC(=O)NC1CCCC1)Cc1ccsc1. The summed E-state index contributed by atoms with van der Waals surface area (Å²) in [6.45, 7) is 7.33. The van der Waals surface area contributed by atoms with Crippen molar-refractivity contribution in [3.63, 3.8) is 0 Å². The Kier molecular flexibility index (Phi) is 6.71. The molecule has 4 heteroatoms. The van der Waals surface area contributed by atoms with Crippen LogP contribution in [-0.4, -0.2) is 29.9 Å². The molecule has 1 fully saturated rings. The number of carbonyl (C=O) groups is 1. The molecule has 1 saturated carbocycles. The van der Waals surface area contributed by atoms with Gasteiger partial charge in [-0.2, -0.15) is 11.3 Å². The van der Waals surface area contributed by atoms with Gasteiger partial charge in [0.05, 0.1) is 0 Å². The number of thiophene rings is 1. The molecular formula is C17H28N2OS. The Hall–Kier alpha value is -0.870. The Labute approximate surface area is 132 Å². The van der Waals surface area contributed by atoms with E-state index in [-0.39, 0.29) is 5.91 Å². The molecule has 0 bridgehead atoms. The number of carbonyl (C=O) groups excluding carboxylic acids is 1. The van der Waals surface area contributed by atoms with Crippen molar-refractivity contribution in [1.29, 1.82) is 0 Å². The predicted octanol–water partition coefficient (Wildman–Crippen LogP) is 3.66. The van der Waals surface area contributed by atoms with Crippen LogP contribution in [0.25, 0.3) is 0 Å². The quantitative estimate of drug-likeness (QED) is 0.795. The van der Waals surface area contributed by atoms with Crippen molar-refractivity contribution in [2.24, 2.45) is 5.92 Å². The minimum Gasteiger partial charge on any atom is -0.353 e. The second-order valence-corrected chi connectivity index (χ2v) is 7.34. The maximum absolute atomic E-state index is 12.1. The van der Waals surface area contributed by atoms with E-state index in [0.717, 1.165) is 32.5 Å². The first-order valence-electron chi connectivity index (χ1n) is 8.16. The van der Waals surface area contributed by atoms with Crippen molar-refractivity contribution in [1.82, 2.24) is 10.2 Å². The Morgan fingerprint density at radius 3 is 2.81 bits per heavy atom.